The van der Waals surface area contributed by atoms with Gasteiger partial charge >= 0.3 is 0 Å². The summed E-state index contributed by atoms with van der Waals surface area (Å²) < 4.78 is 0. The van der Waals surface area contributed by atoms with Gasteiger partial charge in [0.25, 0.3) is 0 Å². The summed E-state index contributed by atoms with van der Waals surface area (Å²) in [7, 11) is 0. The quantitative estimate of drug-likeness (QED) is 0.663. The highest BCUT2D eigenvalue weighted by molar-refractivity contribution is 6.07. The molecule has 0 aliphatic heterocycles. The Hall–Kier alpha value is -1.70. The molecular weight excluding hydrogens is 172 g/mol. The molecule has 72 valence electrons. The third-order valence-corrected chi connectivity index (χ3v) is 1.67. The summed E-state index contributed by atoms with van der Waals surface area (Å²) in [6.07, 6.45) is 8.29. The van der Waals surface area contributed by atoms with E-state index in [0.717, 1.165) is 17.8 Å². The Labute approximate surface area is 84.7 Å². The predicted molar refractivity (Wildman–Crippen MR) is 60.4 cm³/mol. The molecule has 0 amide bonds. The zero-order valence-corrected chi connectivity index (χ0v) is 8.35. The molecule has 0 atom stereocenters. The summed E-state index contributed by atoms with van der Waals surface area (Å²) >= 11 is 0. The SMILES string of the molecule is C=CN=C(/C=C\CC)c1ccccn1. The van der Waals surface area contributed by atoms with E-state index in [1.54, 1.807) is 6.20 Å². The smallest absolute Gasteiger partial charge is 0.0885 e. The van der Waals surface area contributed by atoms with Gasteiger partial charge in [-0.2, -0.15) is 0 Å². The van der Waals surface area contributed by atoms with E-state index in [4.69, 9.17) is 0 Å². The van der Waals surface area contributed by atoms with E-state index in [1.807, 2.05) is 24.3 Å². The van der Waals surface area contributed by atoms with Crippen molar-refractivity contribution in [3.05, 3.63) is 55.0 Å². The molecule has 1 heterocycles. The zero-order valence-electron chi connectivity index (χ0n) is 8.35. The Balaban J connectivity index is 2.95. The molecule has 14 heavy (non-hydrogen) atoms. The van der Waals surface area contributed by atoms with Crippen molar-refractivity contribution in [1.29, 1.82) is 0 Å². The van der Waals surface area contributed by atoms with Crippen molar-refractivity contribution in [2.24, 2.45) is 4.99 Å². The summed E-state index contributed by atoms with van der Waals surface area (Å²) in [6, 6.07) is 5.77. The van der Waals surface area contributed by atoms with E-state index in [2.05, 4.69) is 29.6 Å². The number of allylic oxidation sites excluding steroid dienone is 2. The van der Waals surface area contributed by atoms with Crippen LogP contribution in [0.1, 0.15) is 19.0 Å². The summed E-state index contributed by atoms with van der Waals surface area (Å²) in [5.74, 6) is 0. The van der Waals surface area contributed by atoms with Crippen LogP contribution in [0, 0.1) is 0 Å². The van der Waals surface area contributed by atoms with Crippen molar-refractivity contribution >= 4 is 5.71 Å². The van der Waals surface area contributed by atoms with Gasteiger partial charge in [0.05, 0.1) is 11.4 Å². The first-order valence-electron chi connectivity index (χ1n) is 4.65. The topological polar surface area (TPSA) is 25.2 Å². The third kappa shape index (κ3) is 2.98. The van der Waals surface area contributed by atoms with Crippen molar-refractivity contribution in [1.82, 2.24) is 4.98 Å². The van der Waals surface area contributed by atoms with E-state index in [0.29, 0.717) is 0 Å². The van der Waals surface area contributed by atoms with Gasteiger partial charge in [-0.05, 0) is 24.6 Å². The monoisotopic (exact) mass is 186 g/mol. The fourth-order valence-corrected chi connectivity index (χ4v) is 1.04. The third-order valence-electron chi connectivity index (χ3n) is 1.67. The van der Waals surface area contributed by atoms with E-state index in [9.17, 15) is 0 Å². The van der Waals surface area contributed by atoms with E-state index >= 15 is 0 Å². The van der Waals surface area contributed by atoms with Crippen LogP contribution in [0.5, 0.6) is 0 Å². The van der Waals surface area contributed by atoms with E-state index in [1.165, 1.54) is 6.20 Å². The predicted octanol–water partition coefficient (Wildman–Crippen LogP) is 2.98. The standard InChI is InChI=1S/C12H14N2/c1-3-5-8-11(13-4-2)12-9-6-7-10-14-12/h4-10H,2-3H2,1H3/b8-5-,13-11?. The molecule has 0 N–H and O–H groups in total. The molecule has 0 spiro atoms. The maximum Gasteiger partial charge on any atom is 0.0885 e. The second-order valence-corrected chi connectivity index (χ2v) is 2.72. The lowest BCUT2D eigenvalue weighted by Gasteiger charge is -1.97. The Kier molecular flexibility index (Phi) is 4.35. The number of nitrogens with zero attached hydrogens (tertiary/aromatic N) is 2. The molecule has 0 fully saturated rings. The molecule has 1 rings (SSSR count). The molecule has 1 aromatic heterocycles. The number of hydrogen-bond acceptors (Lipinski definition) is 2. The summed E-state index contributed by atoms with van der Waals surface area (Å²) in [5, 5.41) is 0. The van der Waals surface area contributed by atoms with Crippen LogP contribution in [-0.4, -0.2) is 10.7 Å². The molecule has 0 radical (unpaired) electrons. The van der Waals surface area contributed by atoms with Crippen LogP contribution in [0.25, 0.3) is 0 Å². The van der Waals surface area contributed by atoms with Gasteiger partial charge in [0.15, 0.2) is 0 Å². The van der Waals surface area contributed by atoms with Gasteiger partial charge in [-0.1, -0.05) is 25.6 Å². The Morgan fingerprint density at radius 3 is 3.00 bits per heavy atom. The minimum Gasteiger partial charge on any atom is -0.255 e. The number of aliphatic imine (C=N–C) groups is 1. The molecule has 0 aromatic carbocycles. The molecule has 1 aromatic rings. The molecule has 0 unspecified atom stereocenters. The number of pyridine rings is 1. The number of hydrogen-bond donors (Lipinski definition) is 0. The molecule has 0 aliphatic carbocycles. The molecular formula is C12H14N2. The van der Waals surface area contributed by atoms with E-state index < -0.39 is 0 Å². The second kappa shape index (κ2) is 5.86. The normalized spacial score (nSPS) is 11.9. The number of aromatic nitrogens is 1. The van der Waals surface area contributed by atoms with Crippen LogP contribution < -0.4 is 0 Å². The van der Waals surface area contributed by atoms with Crippen LogP contribution in [0.15, 0.2) is 54.3 Å². The average molecular weight is 186 g/mol. The van der Waals surface area contributed by atoms with Gasteiger partial charge in [0.1, 0.15) is 0 Å². The van der Waals surface area contributed by atoms with Crippen molar-refractivity contribution in [3.63, 3.8) is 0 Å². The first kappa shape index (κ1) is 10.4. The summed E-state index contributed by atoms with van der Waals surface area (Å²) in [4.78, 5) is 8.38. The molecule has 0 bridgehead atoms. The molecule has 0 saturated carbocycles. The van der Waals surface area contributed by atoms with Crippen LogP contribution in [0.2, 0.25) is 0 Å². The van der Waals surface area contributed by atoms with Crippen molar-refractivity contribution in [3.8, 4) is 0 Å². The van der Waals surface area contributed by atoms with Crippen LogP contribution in [-0.2, 0) is 0 Å². The first-order valence-corrected chi connectivity index (χ1v) is 4.65. The minimum absolute atomic E-state index is 0.849. The number of rotatable bonds is 4. The lowest BCUT2D eigenvalue weighted by atomic mass is 10.2. The Morgan fingerprint density at radius 1 is 1.57 bits per heavy atom. The molecule has 2 heteroatoms. The summed E-state index contributed by atoms with van der Waals surface area (Å²) in [6.45, 7) is 5.67. The van der Waals surface area contributed by atoms with E-state index in [-0.39, 0.29) is 0 Å². The first-order chi connectivity index (χ1) is 6.88. The lowest BCUT2D eigenvalue weighted by Crippen LogP contribution is -1.98. The van der Waals surface area contributed by atoms with Crippen molar-refractivity contribution < 1.29 is 0 Å². The van der Waals surface area contributed by atoms with Gasteiger partial charge < -0.3 is 0 Å². The van der Waals surface area contributed by atoms with Crippen LogP contribution in [0.4, 0.5) is 0 Å². The average Bonchev–Trinajstić information content (AvgIpc) is 2.25. The maximum absolute atomic E-state index is 4.22. The largest absolute Gasteiger partial charge is 0.255 e. The van der Waals surface area contributed by atoms with Crippen LogP contribution in [0.3, 0.4) is 0 Å². The maximum atomic E-state index is 4.22. The van der Waals surface area contributed by atoms with Crippen molar-refractivity contribution in [2.45, 2.75) is 13.3 Å². The molecule has 0 saturated heterocycles. The van der Waals surface area contributed by atoms with Gasteiger partial charge in [0.2, 0.25) is 0 Å². The lowest BCUT2D eigenvalue weighted by molar-refractivity contribution is 1.22. The molecule has 2 nitrogen and oxygen atoms in total. The van der Waals surface area contributed by atoms with Gasteiger partial charge in [-0.15, -0.1) is 0 Å². The second-order valence-electron chi connectivity index (χ2n) is 2.72. The molecule has 0 aliphatic rings. The highest BCUT2D eigenvalue weighted by atomic mass is 14.8. The minimum atomic E-state index is 0.849. The fraction of sp³-hybridized carbons (Fsp3) is 0.167. The Bertz CT molecular complexity index is 337. The summed E-state index contributed by atoms with van der Waals surface area (Å²) in [5.41, 5.74) is 1.72. The fourth-order valence-electron chi connectivity index (χ4n) is 1.04. The Morgan fingerprint density at radius 2 is 2.43 bits per heavy atom. The van der Waals surface area contributed by atoms with Gasteiger partial charge in [0, 0.05) is 12.4 Å². The highest BCUT2D eigenvalue weighted by Crippen LogP contribution is 1.99. The highest BCUT2D eigenvalue weighted by Gasteiger charge is 1.97. The van der Waals surface area contributed by atoms with Crippen LogP contribution >= 0.6 is 0 Å². The van der Waals surface area contributed by atoms with Gasteiger partial charge in [-0.3, -0.25) is 9.98 Å². The van der Waals surface area contributed by atoms with Crippen molar-refractivity contribution in [2.75, 3.05) is 0 Å². The zero-order chi connectivity index (χ0) is 10.2. The van der Waals surface area contributed by atoms with Gasteiger partial charge in [-0.25, -0.2) is 0 Å².